The fourth-order valence-corrected chi connectivity index (χ4v) is 3.69. The number of hydrogen-bond acceptors (Lipinski definition) is 5. The van der Waals surface area contributed by atoms with Crippen LogP contribution < -0.4 is 10.1 Å². The Morgan fingerprint density at radius 3 is 2.65 bits per heavy atom. The Balaban J connectivity index is 1.60. The standard InChI is InChI=1S/C20H23NO5/c1-11-3-2-4-15-16(26-15)10-25-13-7-5-12(6-8-13)9-14-19(23)17(18(11)22)20(24)21-14/h5-8,11,14-16,22H,2-4,9-10H2,1H3,(H,21,24)/t11-,14+,15+,16+/m0/s1. The number of Topliss-reactive ketones (excluding diaryl/α,β-unsaturated/α-hetero) is 1. The second-order valence-electron chi connectivity index (χ2n) is 7.35. The quantitative estimate of drug-likeness (QED) is 0.548. The van der Waals surface area contributed by atoms with Gasteiger partial charge in [0.1, 0.15) is 29.8 Å². The van der Waals surface area contributed by atoms with Gasteiger partial charge in [-0.1, -0.05) is 25.5 Å². The van der Waals surface area contributed by atoms with E-state index in [1.807, 2.05) is 31.2 Å². The van der Waals surface area contributed by atoms with Crippen LogP contribution in [0.3, 0.4) is 0 Å². The van der Waals surface area contributed by atoms with Crippen molar-refractivity contribution in [3.05, 3.63) is 41.2 Å². The van der Waals surface area contributed by atoms with E-state index in [2.05, 4.69) is 5.32 Å². The average Bonchev–Trinajstić information content (AvgIpc) is 3.31. The maximum atomic E-state index is 12.6. The molecule has 0 aromatic heterocycles. The molecule has 4 bridgehead atoms. The highest BCUT2D eigenvalue weighted by Crippen LogP contribution is 2.31. The normalized spacial score (nSPS) is 31.9. The van der Waals surface area contributed by atoms with E-state index < -0.39 is 11.9 Å². The number of amides is 1. The van der Waals surface area contributed by atoms with E-state index in [-0.39, 0.29) is 35.2 Å². The molecule has 138 valence electrons. The summed E-state index contributed by atoms with van der Waals surface area (Å²) in [4.78, 5) is 24.9. The zero-order valence-electron chi connectivity index (χ0n) is 14.7. The molecule has 0 spiro atoms. The van der Waals surface area contributed by atoms with Gasteiger partial charge in [0.25, 0.3) is 5.91 Å². The van der Waals surface area contributed by atoms with Crippen molar-refractivity contribution in [3.8, 4) is 5.75 Å². The van der Waals surface area contributed by atoms with Crippen LogP contribution in [-0.2, 0) is 20.7 Å². The minimum atomic E-state index is -0.629. The monoisotopic (exact) mass is 357 g/mol. The van der Waals surface area contributed by atoms with E-state index >= 15 is 0 Å². The third-order valence-corrected chi connectivity index (χ3v) is 5.41. The maximum absolute atomic E-state index is 12.6. The van der Waals surface area contributed by atoms with Crippen molar-refractivity contribution >= 4 is 11.7 Å². The van der Waals surface area contributed by atoms with Crippen LogP contribution in [0, 0.1) is 5.92 Å². The summed E-state index contributed by atoms with van der Waals surface area (Å²) < 4.78 is 11.4. The summed E-state index contributed by atoms with van der Waals surface area (Å²) in [5.74, 6) is -0.362. The van der Waals surface area contributed by atoms with Crippen molar-refractivity contribution < 1.29 is 24.2 Å². The predicted molar refractivity (Wildman–Crippen MR) is 93.9 cm³/mol. The van der Waals surface area contributed by atoms with Crippen LogP contribution in [0.4, 0.5) is 0 Å². The van der Waals surface area contributed by atoms with Crippen LogP contribution in [-0.4, -0.2) is 41.7 Å². The fraction of sp³-hybridized carbons (Fsp3) is 0.500. The molecule has 2 saturated heterocycles. The van der Waals surface area contributed by atoms with Gasteiger partial charge in [-0.25, -0.2) is 0 Å². The molecule has 0 aliphatic carbocycles. The number of allylic oxidation sites excluding steroid dienone is 1. The van der Waals surface area contributed by atoms with Gasteiger partial charge in [0.15, 0.2) is 5.78 Å². The lowest BCUT2D eigenvalue weighted by Crippen LogP contribution is -2.31. The molecule has 2 N–H and O–H groups in total. The molecule has 6 nitrogen and oxygen atoms in total. The Kier molecular flexibility index (Phi) is 4.44. The molecule has 4 aliphatic heterocycles. The van der Waals surface area contributed by atoms with Crippen LogP contribution in [0.1, 0.15) is 31.7 Å². The van der Waals surface area contributed by atoms with Crippen LogP contribution in [0.25, 0.3) is 0 Å². The second-order valence-corrected chi connectivity index (χ2v) is 7.35. The van der Waals surface area contributed by atoms with Crippen molar-refractivity contribution in [2.24, 2.45) is 5.92 Å². The van der Waals surface area contributed by atoms with Gasteiger partial charge in [0.05, 0.1) is 12.1 Å². The number of rotatable bonds is 0. The topological polar surface area (TPSA) is 88.2 Å². The third kappa shape index (κ3) is 3.33. The largest absolute Gasteiger partial charge is 0.511 e. The van der Waals surface area contributed by atoms with Gasteiger partial charge < -0.3 is 19.9 Å². The Morgan fingerprint density at radius 2 is 1.88 bits per heavy atom. The molecule has 2 fully saturated rings. The molecule has 0 radical (unpaired) electrons. The van der Waals surface area contributed by atoms with Gasteiger partial charge >= 0.3 is 0 Å². The number of ketones is 1. The summed E-state index contributed by atoms with van der Waals surface area (Å²) >= 11 is 0. The number of epoxide rings is 1. The van der Waals surface area contributed by atoms with Gasteiger partial charge in [-0.15, -0.1) is 0 Å². The van der Waals surface area contributed by atoms with Crippen molar-refractivity contribution in [1.82, 2.24) is 5.32 Å². The van der Waals surface area contributed by atoms with E-state index in [4.69, 9.17) is 9.47 Å². The fourth-order valence-electron chi connectivity index (χ4n) is 3.69. The zero-order chi connectivity index (χ0) is 18.3. The summed E-state index contributed by atoms with van der Waals surface area (Å²) in [6, 6.07) is 6.88. The van der Waals surface area contributed by atoms with Crippen LogP contribution in [0.15, 0.2) is 35.6 Å². The minimum absolute atomic E-state index is 0.0766. The Morgan fingerprint density at radius 1 is 1.12 bits per heavy atom. The molecule has 1 amide bonds. The number of carbonyl (C=O) groups is 2. The first kappa shape index (κ1) is 17.1. The van der Waals surface area contributed by atoms with E-state index in [0.717, 1.165) is 24.2 Å². The molecule has 0 saturated carbocycles. The maximum Gasteiger partial charge on any atom is 0.259 e. The lowest BCUT2D eigenvalue weighted by molar-refractivity contribution is -0.117. The van der Waals surface area contributed by atoms with E-state index in [0.29, 0.717) is 19.4 Å². The Labute approximate surface area is 152 Å². The average molecular weight is 357 g/mol. The number of benzene rings is 1. The molecule has 4 heterocycles. The highest BCUT2D eigenvalue weighted by molar-refractivity contribution is 6.26. The number of ether oxygens (including phenoxy) is 2. The third-order valence-electron chi connectivity index (χ3n) is 5.41. The lowest BCUT2D eigenvalue weighted by Gasteiger charge is -2.12. The number of carbonyl (C=O) groups excluding carboxylic acids is 2. The van der Waals surface area contributed by atoms with Gasteiger partial charge in [-0.3, -0.25) is 9.59 Å². The van der Waals surface area contributed by atoms with E-state index in [1.54, 1.807) is 0 Å². The van der Waals surface area contributed by atoms with E-state index in [1.165, 1.54) is 0 Å². The Hall–Kier alpha value is -2.34. The van der Waals surface area contributed by atoms with E-state index in [9.17, 15) is 14.7 Å². The van der Waals surface area contributed by atoms with Crippen molar-refractivity contribution in [2.75, 3.05) is 6.61 Å². The van der Waals surface area contributed by atoms with Crippen molar-refractivity contribution in [1.29, 1.82) is 0 Å². The molecule has 4 aliphatic rings. The summed E-state index contributed by atoms with van der Waals surface area (Å²) in [6.45, 7) is 2.38. The summed E-state index contributed by atoms with van der Waals surface area (Å²) in [5.41, 5.74) is 0.849. The molecular formula is C20H23NO5. The second kappa shape index (κ2) is 6.76. The first-order valence-corrected chi connectivity index (χ1v) is 9.18. The van der Waals surface area contributed by atoms with Crippen LogP contribution >= 0.6 is 0 Å². The first-order valence-electron chi connectivity index (χ1n) is 9.18. The SMILES string of the molecule is C[C@H]1CCC[C@H]2O[C@@H]2COc2ccc(cc2)C[C@H]2NC(=O)C(=C1O)C2=O. The zero-order valence-corrected chi connectivity index (χ0v) is 14.7. The van der Waals surface area contributed by atoms with Crippen molar-refractivity contribution in [3.63, 3.8) is 0 Å². The highest BCUT2D eigenvalue weighted by atomic mass is 16.6. The molecular weight excluding hydrogens is 334 g/mol. The van der Waals surface area contributed by atoms with Gasteiger partial charge in [-0.2, -0.15) is 0 Å². The van der Waals surface area contributed by atoms with Gasteiger partial charge in [0, 0.05) is 12.3 Å². The molecule has 26 heavy (non-hydrogen) atoms. The highest BCUT2D eigenvalue weighted by Gasteiger charge is 2.40. The summed E-state index contributed by atoms with van der Waals surface area (Å²) in [7, 11) is 0. The van der Waals surface area contributed by atoms with Gasteiger partial charge in [-0.05, 0) is 30.5 Å². The van der Waals surface area contributed by atoms with Gasteiger partial charge in [0.2, 0.25) is 0 Å². The molecule has 6 heteroatoms. The summed E-state index contributed by atoms with van der Waals surface area (Å²) in [5, 5.41) is 13.2. The predicted octanol–water partition coefficient (Wildman–Crippen LogP) is 2.07. The number of hydrogen-bond donors (Lipinski definition) is 2. The molecule has 5 rings (SSSR count). The molecule has 1 aromatic rings. The molecule has 0 unspecified atom stereocenters. The smallest absolute Gasteiger partial charge is 0.259 e. The lowest BCUT2D eigenvalue weighted by atomic mass is 9.94. The molecule has 1 aromatic carbocycles. The number of fused-ring (bicyclic) bond motifs is 7. The Bertz CT molecular complexity index is 754. The van der Waals surface area contributed by atoms with Crippen molar-refractivity contribution in [2.45, 2.75) is 50.9 Å². The first-order chi connectivity index (χ1) is 12.5. The molecule has 4 atom stereocenters. The number of aliphatic hydroxyl groups is 1. The summed E-state index contributed by atoms with van der Waals surface area (Å²) in [6.07, 6.45) is 3.13. The number of aliphatic hydroxyl groups excluding tert-OH is 1. The number of nitrogens with one attached hydrogen (secondary N) is 1. The van der Waals surface area contributed by atoms with Crippen LogP contribution in [0.2, 0.25) is 0 Å². The minimum Gasteiger partial charge on any atom is -0.511 e. The van der Waals surface area contributed by atoms with Crippen LogP contribution in [0.5, 0.6) is 5.75 Å².